The van der Waals surface area contributed by atoms with E-state index in [0.717, 1.165) is 32.6 Å². The lowest BCUT2D eigenvalue weighted by Crippen LogP contribution is -2.45. The van der Waals surface area contributed by atoms with Gasteiger partial charge in [-0.05, 0) is 24.8 Å². The lowest BCUT2D eigenvalue weighted by atomic mass is 10.0. The Bertz CT molecular complexity index is 335. The summed E-state index contributed by atoms with van der Waals surface area (Å²) in [6.07, 6.45) is 1.08. The van der Waals surface area contributed by atoms with Crippen LogP contribution in [0.4, 0.5) is 0 Å². The van der Waals surface area contributed by atoms with Gasteiger partial charge in [-0.3, -0.25) is 4.90 Å². The van der Waals surface area contributed by atoms with Crippen molar-refractivity contribution in [3.8, 4) is 0 Å². The van der Waals surface area contributed by atoms with E-state index in [1.165, 1.54) is 10.5 Å². The molecule has 1 atom stereocenters. The smallest absolute Gasteiger partial charge is 0.0479 e. The molecule has 1 aromatic heterocycles. The standard InChI is InChI=1S/C13H20N2S.2ClH/c1-11(2)10-12(13-4-3-9-16-13)15-7-5-14-6-8-15;;/h3-4,9,12,14H,1,5-8,10H2,2H3;2*1H/t12-;;/m1../s1. The number of nitrogens with zero attached hydrogens (tertiary/aromatic N) is 1. The number of piperazine rings is 1. The summed E-state index contributed by atoms with van der Waals surface area (Å²) in [6.45, 7) is 10.7. The normalized spacial score (nSPS) is 17.4. The summed E-state index contributed by atoms with van der Waals surface area (Å²) in [5.74, 6) is 0. The molecule has 0 unspecified atom stereocenters. The molecule has 1 aliphatic rings. The fraction of sp³-hybridized carbons (Fsp3) is 0.538. The SMILES string of the molecule is C=C(C)C[C@H](c1cccs1)N1CCNCC1.Cl.Cl. The van der Waals surface area contributed by atoms with Gasteiger partial charge in [0.25, 0.3) is 0 Å². The van der Waals surface area contributed by atoms with E-state index in [1.807, 2.05) is 11.3 Å². The molecule has 0 aliphatic carbocycles. The minimum atomic E-state index is 0. The molecule has 0 spiro atoms. The van der Waals surface area contributed by atoms with Gasteiger partial charge in [0.2, 0.25) is 0 Å². The van der Waals surface area contributed by atoms with Crippen molar-refractivity contribution in [1.29, 1.82) is 0 Å². The monoisotopic (exact) mass is 308 g/mol. The van der Waals surface area contributed by atoms with Crippen LogP contribution in [0.1, 0.15) is 24.3 Å². The average Bonchev–Trinajstić information content (AvgIpc) is 2.80. The van der Waals surface area contributed by atoms with E-state index in [-0.39, 0.29) is 24.8 Å². The summed E-state index contributed by atoms with van der Waals surface area (Å²) in [6, 6.07) is 4.94. The Kier molecular flexibility index (Phi) is 8.91. The van der Waals surface area contributed by atoms with Crippen LogP contribution in [0.2, 0.25) is 0 Å². The van der Waals surface area contributed by atoms with Crippen molar-refractivity contribution < 1.29 is 0 Å². The third-order valence-electron chi connectivity index (χ3n) is 3.01. The van der Waals surface area contributed by atoms with E-state index >= 15 is 0 Å². The van der Waals surface area contributed by atoms with E-state index in [0.29, 0.717) is 6.04 Å². The zero-order valence-corrected chi connectivity index (χ0v) is 13.2. The number of thiophene rings is 1. The molecule has 0 radical (unpaired) electrons. The molecule has 2 rings (SSSR count). The van der Waals surface area contributed by atoms with Gasteiger partial charge in [-0.2, -0.15) is 0 Å². The maximum Gasteiger partial charge on any atom is 0.0479 e. The first-order valence-corrected chi connectivity index (χ1v) is 6.78. The van der Waals surface area contributed by atoms with Gasteiger partial charge in [-0.15, -0.1) is 42.7 Å². The number of halogens is 2. The highest BCUT2D eigenvalue weighted by Crippen LogP contribution is 2.30. The Morgan fingerprint density at radius 2 is 2.11 bits per heavy atom. The minimum absolute atomic E-state index is 0. The highest BCUT2D eigenvalue weighted by atomic mass is 35.5. The first-order valence-electron chi connectivity index (χ1n) is 5.90. The van der Waals surface area contributed by atoms with Gasteiger partial charge < -0.3 is 5.32 Å². The maximum absolute atomic E-state index is 4.06. The molecule has 5 heteroatoms. The van der Waals surface area contributed by atoms with E-state index in [4.69, 9.17) is 0 Å². The van der Waals surface area contributed by atoms with E-state index in [1.54, 1.807) is 0 Å². The molecule has 18 heavy (non-hydrogen) atoms. The van der Waals surface area contributed by atoms with Crippen LogP contribution in [0, 0.1) is 0 Å². The van der Waals surface area contributed by atoms with E-state index < -0.39 is 0 Å². The topological polar surface area (TPSA) is 15.3 Å². The third kappa shape index (κ3) is 4.90. The molecule has 1 aromatic rings. The van der Waals surface area contributed by atoms with Crippen molar-refractivity contribution in [2.24, 2.45) is 0 Å². The van der Waals surface area contributed by atoms with Gasteiger partial charge in [0, 0.05) is 37.1 Å². The third-order valence-corrected chi connectivity index (χ3v) is 3.98. The van der Waals surface area contributed by atoms with Crippen molar-refractivity contribution in [1.82, 2.24) is 10.2 Å². The number of rotatable bonds is 4. The fourth-order valence-electron chi connectivity index (χ4n) is 2.21. The highest BCUT2D eigenvalue weighted by molar-refractivity contribution is 7.10. The van der Waals surface area contributed by atoms with Crippen molar-refractivity contribution in [2.45, 2.75) is 19.4 Å². The fourth-order valence-corrected chi connectivity index (χ4v) is 3.08. The summed E-state index contributed by atoms with van der Waals surface area (Å²) in [5, 5.41) is 5.58. The summed E-state index contributed by atoms with van der Waals surface area (Å²) in [4.78, 5) is 4.06. The second-order valence-corrected chi connectivity index (χ2v) is 5.46. The first kappa shape index (κ1) is 17.9. The lowest BCUT2D eigenvalue weighted by molar-refractivity contribution is 0.175. The summed E-state index contributed by atoms with van der Waals surface area (Å²) in [5.41, 5.74) is 1.27. The first-order chi connectivity index (χ1) is 7.77. The Labute approximate surface area is 126 Å². The predicted molar refractivity (Wildman–Crippen MR) is 85.4 cm³/mol. The molecular weight excluding hydrogens is 287 g/mol. The summed E-state index contributed by atoms with van der Waals surface area (Å²) in [7, 11) is 0. The van der Waals surface area contributed by atoms with Crippen LogP contribution < -0.4 is 5.32 Å². The zero-order chi connectivity index (χ0) is 11.4. The molecule has 2 heterocycles. The van der Waals surface area contributed by atoms with Crippen molar-refractivity contribution in [2.75, 3.05) is 26.2 Å². The number of hydrogen-bond acceptors (Lipinski definition) is 3. The number of hydrogen-bond donors (Lipinski definition) is 1. The summed E-state index contributed by atoms with van der Waals surface area (Å²) >= 11 is 1.86. The Morgan fingerprint density at radius 3 is 2.61 bits per heavy atom. The van der Waals surface area contributed by atoms with Gasteiger partial charge >= 0.3 is 0 Å². The van der Waals surface area contributed by atoms with Gasteiger partial charge in [0.05, 0.1) is 0 Å². The van der Waals surface area contributed by atoms with Crippen LogP contribution in [0.5, 0.6) is 0 Å². The Morgan fingerprint density at radius 1 is 1.44 bits per heavy atom. The Hall–Kier alpha value is -0.0600. The Balaban J connectivity index is 0.00000144. The molecule has 2 nitrogen and oxygen atoms in total. The van der Waals surface area contributed by atoms with E-state index in [2.05, 4.69) is 41.2 Å². The molecule has 0 bridgehead atoms. The number of nitrogens with one attached hydrogen (secondary N) is 1. The minimum Gasteiger partial charge on any atom is -0.314 e. The van der Waals surface area contributed by atoms with Crippen molar-refractivity contribution in [3.05, 3.63) is 34.5 Å². The van der Waals surface area contributed by atoms with Crippen LogP contribution in [0.3, 0.4) is 0 Å². The molecule has 1 N–H and O–H groups in total. The van der Waals surface area contributed by atoms with Gasteiger partial charge in [-0.1, -0.05) is 11.6 Å². The molecule has 104 valence electrons. The van der Waals surface area contributed by atoms with Crippen LogP contribution in [0.15, 0.2) is 29.7 Å². The van der Waals surface area contributed by atoms with E-state index in [9.17, 15) is 0 Å². The van der Waals surface area contributed by atoms with Crippen LogP contribution in [0.25, 0.3) is 0 Å². The van der Waals surface area contributed by atoms with Crippen LogP contribution in [-0.2, 0) is 0 Å². The second-order valence-electron chi connectivity index (χ2n) is 4.48. The largest absolute Gasteiger partial charge is 0.314 e. The van der Waals surface area contributed by atoms with Gasteiger partial charge in [-0.25, -0.2) is 0 Å². The average molecular weight is 309 g/mol. The molecule has 1 saturated heterocycles. The maximum atomic E-state index is 4.06. The van der Waals surface area contributed by atoms with Gasteiger partial charge in [0.1, 0.15) is 0 Å². The summed E-state index contributed by atoms with van der Waals surface area (Å²) < 4.78 is 0. The molecule has 0 aromatic carbocycles. The molecule has 0 amide bonds. The molecule has 1 fully saturated rings. The highest BCUT2D eigenvalue weighted by Gasteiger charge is 2.22. The molecule has 1 aliphatic heterocycles. The van der Waals surface area contributed by atoms with Crippen molar-refractivity contribution >= 4 is 36.2 Å². The molecule has 0 saturated carbocycles. The van der Waals surface area contributed by atoms with Crippen molar-refractivity contribution in [3.63, 3.8) is 0 Å². The quantitative estimate of drug-likeness (QED) is 0.856. The zero-order valence-electron chi connectivity index (χ0n) is 10.7. The van der Waals surface area contributed by atoms with Gasteiger partial charge in [0.15, 0.2) is 0 Å². The van der Waals surface area contributed by atoms with Crippen LogP contribution in [-0.4, -0.2) is 31.1 Å². The predicted octanol–water partition coefficient (Wildman–Crippen LogP) is 3.50. The lowest BCUT2D eigenvalue weighted by Gasteiger charge is -2.34. The van der Waals surface area contributed by atoms with Crippen LogP contribution >= 0.6 is 36.2 Å². The second kappa shape index (κ2) is 8.94. The molecular formula is C13H22Cl2N2S.